The fourth-order valence-electron chi connectivity index (χ4n) is 1.45. The summed E-state index contributed by atoms with van der Waals surface area (Å²) in [4.78, 5) is 34.2. The number of nitrogens with zero attached hydrogens (tertiary/aromatic N) is 1. The van der Waals surface area contributed by atoms with Crippen LogP contribution in [0.1, 0.15) is 32.6 Å². The van der Waals surface area contributed by atoms with E-state index in [1.54, 1.807) is 0 Å². The van der Waals surface area contributed by atoms with Crippen LogP contribution >= 0.6 is 0 Å². The summed E-state index contributed by atoms with van der Waals surface area (Å²) in [5.74, 6) is -0.439. The van der Waals surface area contributed by atoms with Gasteiger partial charge in [0.1, 0.15) is 6.54 Å². The van der Waals surface area contributed by atoms with E-state index in [0.29, 0.717) is 6.54 Å². The molecule has 6 heteroatoms. The van der Waals surface area contributed by atoms with Gasteiger partial charge in [0.05, 0.1) is 0 Å². The van der Waals surface area contributed by atoms with E-state index in [-0.39, 0.29) is 6.54 Å². The van der Waals surface area contributed by atoms with Gasteiger partial charge in [0.25, 0.3) is 0 Å². The van der Waals surface area contributed by atoms with Crippen molar-refractivity contribution in [3.63, 3.8) is 0 Å². The molecule has 1 saturated heterocycles. The van der Waals surface area contributed by atoms with Crippen LogP contribution in [0, 0.1) is 0 Å². The van der Waals surface area contributed by atoms with E-state index in [1.807, 2.05) is 5.32 Å². The topological polar surface area (TPSA) is 78.5 Å². The number of carbonyl (C=O) groups is 3. The third kappa shape index (κ3) is 3.52. The maximum atomic E-state index is 11.4. The Labute approximate surface area is 94.4 Å². The van der Waals surface area contributed by atoms with Crippen molar-refractivity contribution in [2.24, 2.45) is 0 Å². The highest BCUT2D eigenvalue weighted by molar-refractivity contribution is 6.09. The van der Waals surface area contributed by atoms with Gasteiger partial charge in [-0.05, 0) is 6.42 Å². The Morgan fingerprint density at radius 3 is 2.69 bits per heavy atom. The molecule has 0 unspecified atom stereocenters. The summed E-state index contributed by atoms with van der Waals surface area (Å²) in [5, 5.41) is 4.65. The van der Waals surface area contributed by atoms with Gasteiger partial charge in [0.2, 0.25) is 5.91 Å². The lowest BCUT2D eigenvalue weighted by Crippen LogP contribution is -2.42. The molecule has 6 nitrogen and oxygen atoms in total. The van der Waals surface area contributed by atoms with Crippen LogP contribution in [-0.2, 0) is 4.79 Å². The number of carbonyl (C=O) groups excluding carboxylic acids is 3. The van der Waals surface area contributed by atoms with Crippen molar-refractivity contribution < 1.29 is 14.4 Å². The zero-order valence-electron chi connectivity index (χ0n) is 9.41. The minimum absolute atomic E-state index is 0.181. The van der Waals surface area contributed by atoms with Gasteiger partial charge in [-0.1, -0.05) is 26.2 Å². The number of urea groups is 2. The summed E-state index contributed by atoms with van der Waals surface area (Å²) in [6, 6.07) is -1.14. The second-order valence-corrected chi connectivity index (χ2v) is 3.73. The SMILES string of the molecule is CCCCCCNC(=O)N1CC(=O)NC1=O. The molecule has 2 N–H and O–H groups in total. The number of amides is 5. The standard InChI is InChI=1S/C10H17N3O3/c1-2-3-4-5-6-11-9(15)13-7-8(14)12-10(13)16/h2-7H2,1H3,(H,11,15)(H,12,14,16). The molecule has 1 fully saturated rings. The Morgan fingerprint density at radius 2 is 2.12 bits per heavy atom. The first-order valence-electron chi connectivity index (χ1n) is 5.54. The van der Waals surface area contributed by atoms with Crippen LogP contribution in [0.2, 0.25) is 0 Å². The van der Waals surface area contributed by atoms with Crippen LogP contribution in [-0.4, -0.2) is 36.0 Å². The molecule has 0 aromatic rings. The minimum atomic E-state index is -0.643. The lowest BCUT2D eigenvalue weighted by atomic mass is 10.2. The zero-order chi connectivity index (χ0) is 12.0. The Balaban J connectivity index is 2.20. The van der Waals surface area contributed by atoms with Crippen LogP contribution < -0.4 is 10.6 Å². The average Bonchev–Trinajstić information content (AvgIpc) is 2.57. The Hall–Kier alpha value is -1.59. The average molecular weight is 227 g/mol. The van der Waals surface area contributed by atoms with Gasteiger partial charge in [-0.2, -0.15) is 0 Å². The fraction of sp³-hybridized carbons (Fsp3) is 0.700. The number of nitrogens with one attached hydrogen (secondary N) is 2. The first-order valence-corrected chi connectivity index (χ1v) is 5.54. The molecule has 0 atom stereocenters. The van der Waals surface area contributed by atoms with Crippen molar-refractivity contribution in [2.45, 2.75) is 32.6 Å². The van der Waals surface area contributed by atoms with E-state index in [9.17, 15) is 14.4 Å². The number of unbranched alkanes of at least 4 members (excludes halogenated alkanes) is 3. The number of rotatable bonds is 5. The fourth-order valence-corrected chi connectivity index (χ4v) is 1.45. The number of hydrogen-bond donors (Lipinski definition) is 2. The summed E-state index contributed by atoms with van der Waals surface area (Å²) in [6.07, 6.45) is 4.22. The normalized spacial score (nSPS) is 15.2. The van der Waals surface area contributed by atoms with E-state index in [1.165, 1.54) is 0 Å². The van der Waals surface area contributed by atoms with Crippen molar-refractivity contribution in [3.05, 3.63) is 0 Å². The van der Waals surface area contributed by atoms with E-state index in [4.69, 9.17) is 0 Å². The molecule has 0 bridgehead atoms. The molecule has 0 aromatic heterocycles. The van der Waals surface area contributed by atoms with Crippen LogP contribution in [0.25, 0.3) is 0 Å². The smallest absolute Gasteiger partial charge is 0.332 e. The van der Waals surface area contributed by atoms with Gasteiger partial charge >= 0.3 is 12.1 Å². The van der Waals surface area contributed by atoms with E-state index >= 15 is 0 Å². The van der Waals surface area contributed by atoms with Gasteiger partial charge in [-0.15, -0.1) is 0 Å². The predicted molar refractivity (Wildman–Crippen MR) is 57.8 cm³/mol. The highest BCUT2D eigenvalue weighted by Crippen LogP contribution is 2.00. The minimum Gasteiger partial charge on any atom is -0.338 e. The van der Waals surface area contributed by atoms with Gasteiger partial charge in [0.15, 0.2) is 0 Å². The summed E-state index contributed by atoms with van der Waals surface area (Å²) in [5.41, 5.74) is 0. The molecule has 1 aliphatic rings. The van der Waals surface area contributed by atoms with Crippen molar-refractivity contribution in [2.75, 3.05) is 13.1 Å². The monoisotopic (exact) mass is 227 g/mol. The first-order chi connectivity index (χ1) is 7.65. The van der Waals surface area contributed by atoms with E-state index in [2.05, 4.69) is 12.2 Å². The molecular formula is C10H17N3O3. The molecule has 0 radical (unpaired) electrons. The zero-order valence-corrected chi connectivity index (χ0v) is 9.41. The van der Waals surface area contributed by atoms with Gasteiger partial charge < -0.3 is 5.32 Å². The van der Waals surface area contributed by atoms with Gasteiger partial charge in [0, 0.05) is 6.54 Å². The van der Waals surface area contributed by atoms with Crippen LogP contribution in [0.15, 0.2) is 0 Å². The molecule has 0 aromatic carbocycles. The quantitative estimate of drug-likeness (QED) is 0.539. The second kappa shape index (κ2) is 6.09. The summed E-state index contributed by atoms with van der Waals surface area (Å²) in [6.45, 7) is 2.47. The largest absolute Gasteiger partial charge is 0.338 e. The van der Waals surface area contributed by atoms with E-state index < -0.39 is 18.0 Å². The highest BCUT2D eigenvalue weighted by Gasteiger charge is 2.31. The number of imide groups is 2. The second-order valence-electron chi connectivity index (χ2n) is 3.73. The van der Waals surface area contributed by atoms with Crippen molar-refractivity contribution in [3.8, 4) is 0 Å². The predicted octanol–water partition coefficient (Wildman–Crippen LogP) is 0.828. The van der Waals surface area contributed by atoms with Crippen molar-refractivity contribution in [1.82, 2.24) is 15.5 Å². The molecule has 1 heterocycles. The highest BCUT2D eigenvalue weighted by atomic mass is 16.2. The third-order valence-electron chi connectivity index (χ3n) is 2.34. The van der Waals surface area contributed by atoms with Crippen LogP contribution in [0.3, 0.4) is 0 Å². The molecule has 1 aliphatic heterocycles. The first kappa shape index (κ1) is 12.5. The maximum absolute atomic E-state index is 11.4. The Morgan fingerprint density at radius 1 is 1.38 bits per heavy atom. The third-order valence-corrected chi connectivity index (χ3v) is 2.34. The van der Waals surface area contributed by atoms with Gasteiger partial charge in [-0.3, -0.25) is 10.1 Å². The molecule has 0 spiro atoms. The van der Waals surface area contributed by atoms with Gasteiger partial charge in [-0.25, -0.2) is 14.5 Å². The van der Waals surface area contributed by atoms with Crippen molar-refractivity contribution >= 4 is 18.0 Å². The Bertz CT molecular complexity index is 291. The molecule has 16 heavy (non-hydrogen) atoms. The lowest BCUT2D eigenvalue weighted by molar-refractivity contribution is -0.118. The molecule has 0 saturated carbocycles. The molecule has 90 valence electrons. The summed E-state index contributed by atoms with van der Waals surface area (Å²) < 4.78 is 0. The summed E-state index contributed by atoms with van der Waals surface area (Å²) >= 11 is 0. The number of hydrogen-bond acceptors (Lipinski definition) is 3. The van der Waals surface area contributed by atoms with Crippen molar-refractivity contribution in [1.29, 1.82) is 0 Å². The Kier molecular flexibility index (Phi) is 4.75. The van der Waals surface area contributed by atoms with Crippen LogP contribution in [0.4, 0.5) is 9.59 Å². The maximum Gasteiger partial charge on any atom is 0.332 e. The van der Waals surface area contributed by atoms with Crippen LogP contribution in [0.5, 0.6) is 0 Å². The van der Waals surface area contributed by atoms with E-state index in [0.717, 1.165) is 30.6 Å². The molecule has 1 rings (SSSR count). The lowest BCUT2D eigenvalue weighted by Gasteiger charge is -2.12. The molecule has 0 aliphatic carbocycles. The molecule has 5 amide bonds. The summed E-state index contributed by atoms with van der Waals surface area (Å²) in [7, 11) is 0. The molecular weight excluding hydrogens is 210 g/mol.